The molecule has 0 spiro atoms. The molecule has 1 fully saturated rings. The second-order valence-corrected chi connectivity index (χ2v) is 7.06. The number of hydrogen-bond donors (Lipinski definition) is 1. The van der Waals surface area contributed by atoms with Crippen LogP contribution in [0, 0.1) is 12.8 Å². The van der Waals surface area contributed by atoms with Crippen LogP contribution in [0.2, 0.25) is 0 Å². The van der Waals surface area contributed by atoms with E-state index in [4.69, 9.17) is 10.5 Å². The lowest BCUT2D eigenvalue weighted by Gasteiger charge is -2.30. The van der Waals surface area contributed by atoms with Crippen LogP contribution in [-0.2, 0) is 4.79 Å². The molecule has 1 aliphatic rings. The Kier molecular flexibility index (Phi) is 5.43. The number of primary amides is 1. The number of piperidine rings is 1. The van der Waals surface area contributed by atoms with E-state index in [-0.39, 0.29) is 23.8 Å². The molecule has 0 aliphatic carbocycles. The molecule has 2 heterocycles. The summed E-state index contributed by atoms with van der Waals surface area (Å²) < 4.78 is 7.29. The van der Waals surface area contributed by atoms with Gasteiger partial charge in [0.2, 0.25) is 5.91 Å². The summed E-state index contributed by atoms with van der Waals surface area (Å²) in [5.74, 6) is 0.160. The highest BCUT2D eigenvalue weighted by molar-refractivity contribution is 5.93. The fourth-order valence-electron chi connectivity index (χ4n) is 3.23. The lowest BCUT2D eigenvalue weighted by Crippen LogP contribution is -2.42. The third kappa shape index (κ3) is 4.10. The van der Waals surface area contributed by atoms with Crippen molar-refractivity contribution < 1.29 is 14.3 Å². The average Bonchev–Trinajstić information content (AvgIpc) is 3.03. The minimum absolute atomic E-state index is 0.104. The van der Waals surface area contributed by atoms with Crippen molar-refractivity contribution in [1.29, 1.82) is 0 Å². The molecule has 1 aromatic heterocycles. The van der Waals surface area contributed by atoms with Gasteiger partial charge in [-0.2, -0.15) is 0 Å². The van der Waals surface area contributed by atoms with Gasteiger partial charge in [-0.3, -0.25) is 9.59 Å². The van der Waals surface area contributed by atoms with Crippen LogP contribution in [0.1, 0.15) is 42.9 Å². The fraction of sp³-hybridized carbons (Fsp3) is 0.474. The maximum absolute atomic E-state index is 12.8. The van der Waals surface area contributed by atoms with Crippen LogP contribution < -0.4 is 10.5 Å². The predicted molar refractivity (Wildman–Crippen MR) is 99.7 cm³/mol. The Balaban J connectivity index is 1.73. The van der Waals surface area contributed by atoms with Crippen LogP contribution in [-0.4, -0.2) is 50.9 Å². The molecule has 27 heavy (non-hydrogen) atoms. The predicted octanol–water partition coefficient (Wildman–Crippen LogP) is 1.70. The first-order valence-corrected chi connectivity index (χ1v) is 9.14. The van der Waals surface area contributed by atoms with Crippen molar-refractivity contribution >= 4 is 11.8 Å². The van der Waals surface area contributed by atoms with Crippen LogP contribution in [0.3, 0.4) is 0 Å². The smallest absolute Gasteiger partial charge is 0.276 e. The maximum Gasteiger partial charge on any atom is 0.276 e. The molecule has 3 rings (SSSR count). The summed E-state index contributed by atoms with van der Waals surface area (Å²) in [4.78, 5) is 25.8. The SMILES string of the molecule is Cc1c(C(=O)N2CCC(C(N)=O)CC2)nnn1-c1ccc(OC(C)C)cc1. The second-order valence-electron chi connectivity index (χ2n) is 7.06. The molecule has 1 saturated heterocycles. The summed E-state index contributed by atoms with van der Waals surface area (Å²) in [7, 11) is 0. The third-order valence-electron chi connectivity index (χ3n) is 4.73. The number of ether oxygens (including phenoxy) is 1. The molecule has 1 aromatic carbocycles. The molecule has 2 amide bonds. The summed E-state index contributed by atoms with van der Waals surface area (Å²) in [6.07, 6.45) is 1.28. The number of likely N-dealkylation sites (tertiary alicyclic amines) is 1. The van der Waals surface area contributed by atoms with Gasteiger partial charge in [0.05, 0.1) is 17.5 Å². The van der Waals surface area contributed by atoms with Crippen molar-refractivity contribution in [2.24, 2.45) is 11.7 Å². The van der Waals surface area contributed by atoms with Gasteiger partial charge < -0.3 is 15.4 Å². The molecule has 8 nitrogen and oxygen atoms in total. The van der Waals surface area contributed by atoms with Crippen LogP contribution in [0.15, 0.2) is 24.3 Å². The van der Waals surface area contributed by atoms with E-state index in [1.165, 1.54) is 0 Å². The average molecular weight is 371 g/mol. The molecule has 0 unspecified atom stereocenters. The second kappa shape index (κ2) is 7.77. The van der Waals surface area contributed by atoms with Crippen molar-refractivity contribution in [3.8, 4) is 11.4 Å². The van der Waals surface area contributed by atoms with Crippen LogP contribution in [0.25, 0.3) is 5.69 Å². The zero-order valence-corrected chi connectivity index (χ0v) is 15.9. The number of nitrogens with two attached hydrogens (primary N) is 1. The molecule has 2 N–H and O–H groups in total. The van der Waals surface area contributed by atoms with Gasteiger partial charge in [0, 0.05) is 19.0 Å². The number of carbonyl (C=O) groups is 2. The summed E-state index contributed by atoms with van der Waals surface area (Å²) in [5, 5.41) is 8.23. The normalized spacial score (nSPS) is 15.2. The lowest BCUT2D eigenvalue weighted by atomic mass is 9.96. The molecular weight excluding hydrogens is 346 g/mol. The molecular formula is C19H25N5O3. The van der Waals surface area contributed by atoms with Gasteiger partial charge in [-0.05, 0) is 57.9 Å². The number of nitrogens with zero attached hydrogens (tertiary/aromatic N) is 4. The largest absolute Gasteiger partial charge is 0.491 e. The summed E-state index contributed by atoms with van der Waals surface area (Å²) >= 11 is 0. The Morgan fingerprint density at radius 1 is 1.19 bits per heavy atom. The summed E-state index contributed by atoms with van der Waals surface area (Å²) in [6, 6.07) is 7.50. The number of aromatic nitrogens is 3. The molecule has 0 saturated carbocycles. The van der Waals surface area contributed by atoms with E-state index in [0.717, 1.165) is 11.4 Å². The van der Waals surface area contributed by atoms with E-state index in [9.17, 15) is 9.59 Å². The fourth-order valence-corrected chi connectivity index (χ4v) is 3.23. The summed E-state index contributed by atoms with van der Waals surface area (Å²) in [6.45, 7) is 6.76. The first kappa shape index (κ1) is 18.9. The van der Waals surface area contributed by atoms with Gasteiger partial charge in [0.15, 0.2) is 5.69 Å². The van der Waals surface area contributed by atoms with Crippen molar-refractivity contribution in [2.75, 3.05) is 13.1 Å². The topological polar surface area (TPSA) is 103 Å². The highest BCUT2D eigenvalue weighted by atomic mass is 16.5. The number of carbonyl (C=O) groups excluding carboxylic acids is 2. The molecule has 2 aromatic rings. The van der Waals surface area contributed by atoms with E-state index < -0.39 is 0 Å². The molecule has 1 aliphatic heterocycles. The standard InChI is InChI=1S/C19H25N5O3/c1-12(2)27-16-6-4-15(5-7-16)24-13(3)17(21-22-24)19(26)23-10-8-14(9-11-23)18(20)25/h4-7,12,14H,8-11H2,1-3H3,(H2,20,25). The van der Waals surface area contributed by atoms with Gasteiger partial charge in [-0.15, -0.1) is 5.10 Å². The molecule has 0 radical (unpaired) electrons. The van der Waals surface area contributed by atoms with Gasteiger partial charge in [-0.1, -0.05) is 5.21 Å². The van der Waals surface area contributed by atoms with Crippen LogP contribution in [0.5, 0.6) is 5.75 Å². The Morgan fingerprint density at radius 2 is 1.81 bits per heavy atom. The van der Waals surface area contributed by atoms with Crippen molar-refractivity contribution in [1.82, 2.24) is 19.9 Å². The monoisotopic (exact) mass is 371 g/mol. The number of amides is 2. The Hall–Kier alpha value is -2.90. The molecule has 8 heteroatoms. The lowest BCUT2D eigenvalue weighted by molar-refractivity contribution is -0.123. The zero-order valence-electron chi connectivity index (χ0n) is 15.9. The Bertz CT molecular complexity index is 820. The molecule has 0 atom stereocenters. The highest BCUT2D eigenvalue weighted by Gasteiger charge is 2.29. The Morgan fingerprint density at radius 3 is 2.37 bits per heavy atom. The third-order valence-corrected chi connectivity index (χ3v) is 4.73. The van der Waals surface area contributed by atoms with Crippen molar-refractivity contribution in [3.05, 3.63) is 35.7 Å². The minimum atomic E-state index is -0.297. The van der Waals surface area contributed by atoms with Crippen molar-refractivity contribution in [3.63, 3.8) is 0 Å². The number of rotatable bonds is 5. The first-order valence-electron chi connectivity index (χ1n) is 9.14. The maximum atomic E-state index is 12.8. The van der Waals surface area contributed by atoms with E-state index in [2.05, 4.69) is 10.3 Å². The Labute approximate surface area is 158 Å². The quantitative estimate of drug-likeness (QED) is 0.862. The van der Waals surface area contributed by atoms with Gasteiger partial charge >= 0.3 is 0 Å². The number of hydrogen-bond acceptors (Lipinski definition) is 5. The molecule has 0 bridgehead atoms. The van der Waals surface area contributed by atoms with Gasteiger partial charge in [0.1, 0.15) is 5.75 Å². The summed E-state index contributed by atoms with van der Waals surface area (Å²) in [5.41, 5.74) is 7.16. The number of benzene rings is 1. The highest BCUT2D eigenvalue weighted by Crippen LogP contribution is 2.21. The van der Waals surface area contributed by atoms with Crippen molar-refractivity contribution in [2.45, 2.75) is 39.7 Å². The van der Waals surface area contributed by atoms with E-state index in [1.807, 2.05) is 45.0 Å². The van der Waals surface area contributed by atoms with E-state index in [1.54, 1.807) is 9.58 Å². The molecule has 144 valence electrons. The van der Waals surface area contributed by atoms with Crippen LogP contribution in [0.4, 0.5) is 0 Å². The first-order chi connectivity index (χ1) is 12.9. The van der Waals surface area contributed by atoms with Gasteiger partial charge in [0.25, 0.3) is 5.91 Å². The van der Waals surface area contributed by atoms with Gasteiger partial charge in [-0.25, -0.2) is 4.68 Å². The van der Waals surface area contributed by atoms with E-state index >= 15 is 0 Å². The zero-order chi connectivity index (χ0) is 19.6. The van der Waals surface area contributed by atoms with Crippen LogP contribution >= 0.6 is 0 Å². The van der Waals surface area contributed by atoms with E-state index in [0.29, 0.717) is 37.3 Å². The minimum Gasteiger partial charge on any atom is -0.491 e.